The Morgan fingerprint density at radius 3 is 2.74 bits per heavy atom. The number of rotatable bonds is 3. The number of hydrogen-bond donors (Lipinski definition) is 0. The summed E-state index contributed by atoms with van der Waals surface area (Å²) in [5.41, 5.74) is 2.02. The van der Waals surface area contributed by atoms with Crippen molar-refractivity contribution >= 4 is 33.4 Å². The summed E-state index contributed by atoms with van der Waals surface area (Å²) in [4.78, 5) is 14.1. The molecule has 3 heterocycles. The van der Waals surface area contributed by atoms with Gasteiger partial charge in [0.25, 0.3) is 0 Å². The summed E-state index contributed by atoms with van der Waals surface area (Å²) in [7, 11) is 0. The van der Waals surface area contributed by atoms with Crippen LogP contribution in [0.25, 0.3) is 10.3 Å². The summed E-state index contributed by atoms with van der Waals surface area (Å²) in [6, 6.07) is 0. The Labute approximate surface area is 121 Å². The van der Waals surface area contributed by atoms with Gasteiger partial charge in [0.1, 0.15) is 5.82 Å². The summed E-state index contributed by atoms with van der Waals surface area (Å²) in [5, 5.41) is 0. The molecule has 0 aliphatic carbocycles. The first-order valence-electron chi connectivity index (χ1n) is 6.61. The molecule has 0 spiro atoms. The fourth-order valence-electron chi connectivity index (χ4n) is 2.34. The van der Waals surface area contributed by atoms with Gasteiger partial charge in [-0.25, -0.2) is 15.0 Å². The Hall–Kier alpha value is -0.720. The van der Waals surface area contributed by atoms with Crippen LogP contribution in [0.4, 0.5) is 0 Å². The molecular weight excluding hydrogens is 278 g/mol. The van der Waals surface area contributed by atoms with E-state index in [2.05, 4.69) is 18.2 Å². The minimum atomic E-state index is 0.433. The molecule has 19 heavy (non-hydrogen) atoms. The fourth-order valence-corrected chi connectivity index (χ4v) is 3.90. The van der Waals surface area contributed by atoms with Crippen molar-refractivity contribution in [3.05, 3.63) is 11.5 Å². The van der Waals surface area contributed by atoms with Crippen molar-refractivity contribution in [1.29, 1.82) is 0 Å². The van der Waals surface area contributed by atoms with E-state index in [0.717, 1.165) is 58.7 Å². The molecular formula is C13H17N3OS2. The maximum atomic E-state index is 5.41. The van der Waals surface area contributed by atoms with Crippen LogP contribution in [0.2, 0.25) is 0 Å². The first-order chi connectivity index (χ1) is 9.31. The summed E-state index contributed by atoms with van der Waals surface area (Å²) in [6.07, 6.45) is 5.03. The van der Waals surface area contributed by atoms with Crippen LogP contribution in [0.1, 0.15) is 37.2 Å². The van der Waals surface area contributed by atoms with Crippen LogP contribution in [0.3, 0.4) is 0 Å². The lowest BCUT2D eigenvalue weighted by molar-refractivity contribution is 0.0836. The second-order valence-electron chi connectivity index (χ2n) is 4.61. The van der Waals surface area contributed by atoms with E-state index in [0.29, 0.717) is 5.92 Å². The second kappa shape index (κ2) is 5.73. The number of thiazole rings is 1. The Morgan fingerprint density at radius 1 is 1.26 bits per heavy atom. The van der Waals surface area contributed by atoms with Crippen LogP contribution in [-0.2, 0) is 11.2 Å². The van der Waals surface area contributed by atoms with Gasteiger partial charge in [0, 0.05) is 19.1 Å². The molecule has 1 saturated heterocycles. The minimum absolute atomic E-state index is 0.433. The third kappa shape index (κ3) is 2.61. The average Bonchev–Trinajstić information content (AvgIpc) is 2.90. The smallest absolute Gasteiger partial charge is 0.175 e. The summed E-state index contributed by atoms with van der Waals surface area (Å²) in [5.74, 6) is 1.40. The lowest BCUT2D eigenvalue weighted by atomic mass is 9.99. The maximum Gasteiger partial charge on any atom is 0.175 e. The molecule has 0 atom stereocenters. The molecule has 3 rings (SSSR count). The van der Waals surface area contributed by atoms with Crippen molar-refractivity contribution in [2.75, 3.05) is 19.5 Å². The molecule has 1 aliphatic rings. The third-order valence-electron chi connectivity index (χ3n) is 3.42. The van der Waals surface area contributed by atoms with Crippen molar-refractivity contribution in [1.82, 2.24) is 15.0 Å². The number of aromatic nitrogens is 3. The zero-order valence-electron chi connectivity index (χ0n) is 11.2. The molecule has 0 unspecified atom stereocenters. The molecule has 6 heteroatoms. The number of thioether (sulfide) groups is 1. The summed E-state index contributed by atoms with van der Waals surface area (Å²) in [6.45, 7) is 3.79. The third-order valence-corrected chi connectivity index (χ3v) is 5.50. The lowest BCUT2D eigenvalue weighted by Crippen LogP contribution is -2.17. The van der Waals surface area contributed by atoms with Crippen LogP contribution in [0.15, 0.2) is 4.34 Å². The van der Waals surface area contributed by atoms with Gasteiger partial charge >= 0.3 is 0 Å². The fraction of sp³-hybridized carbons (Fsp3) is 0.615. The standard InChI is InChI=1S/C13H17N3OS2/c1-3-9-10-12(16-13(18-2)19-10)15-11(14-9)8-4-6-17-7-5-8/h8H,3-7H2,1-2H3. The molecule has 0 amide bonds. The predicted molar refractivity (Wildman–Crippen MR) is 79.2 cm³/mol. The predicted octanol–water partition coefficient (Wildman–Crippen LogP) is 3.26. The van der Waals surface area contributed by atoms with Crippen molar-refractivity contribution in [2.24, 2.45) is 0 Å². The molecule has 102 valence electrons. The molecule has 0 aromatic carbocycles. The van der Waals surface area contributed by atoms with Crippen LogP contribution >= 0.6 is 23.1 Å². The molecule has 0 radical (unpaired) electrons. The SMILES string of the molecule is CCc1nc(C2CCOCC2)nc2nc(SC)sc12. The molecule has 0 bridgehead atoms. The number of hydrogen-bond acceptors (Lipinski definition) is 6. The molecule has 0 saturated carbocycles. The van der Waals surface area contributed by atoms with Crippen LogP contribution < -0.4 is 0 Å². The van der Waals surface area contributed by atoms with Crippen molar-refractivity contribution in [3.63, 3.8) is 0 Å². The van der Waals surface area contributed by atoms with E-state index in [1.807, 2.05) is 0 Å². The van der Waals surface area contributed by atoms with Gasteiger partial charge in [-0.2, -0.15) is 0 Å². The highest BCUT2D eigenvalue weighted by Crippen LogP contribution is 2.32. The Bertz CT molecular complexity index is 579. The summed E-state index contributed by atoms with van der Waals surface area (Å²) >= 11 is 3.38. The Morgan fingerprint density at radius 2 is 2.05 bits per heavy atom. The van der Waals surface area contributed by atoms with Gasteiger partial charge in [0.15, 0.2) is 9.99 Å². The van der Waals surface area contributed by atoms with Gasteiger partial charge in [-0.1, -0.05) is 18.7 Å². The van der Waals surface area contributed by atoms with Gasteiger partial charge < -0.3 is 4.74 Å². The van der Waals surface area contributed by atoms with E-state index in [9.17, 15) is 0 Å². The molecule has 4 nitrogen and oxygen atoms in total. The van der Waals surface area contributed by atoms with Crippen molar-refractivity contribution in [3.8, 4) is 0 Å². The van der Waals surface area contributed by atoms with Crippen LogP contribution in [0, 0.1) is 0 Å². The van der Waals surface area contributed by atoms with E-state index >= 15 is 0 Å². The maximum absolute atomic E-state index is 5.41. The van der Waals surface area contributed by atoms with E-state index in [4.69, 9.17) is 14.7 Å². The number of aryl methyl sites for hydroxylation is 1. The van der Waals surface area contributed by atoms with Gasteiger partial charge in [-0.3, -0.25) is 0 Å². The van der Waals surface area contributed by atoms with Gasteiger partial charge in [-0.15, -0.1) is 11.3 Å². The topological polar surface area (TPSA) is 47.9 Å². The van der Waals surface area contributed by atoms with E-state index in [-0.39, 0.29) is 0 Å². The van der Waals surface area contributed by atoms with Crippen molar-refractivity contribution in [2.45, 2.75) is 36.4 Å². The number of nitrogens with zero attached hydrogens (tertiary/aromatic N) is 3. The normalized spacial score (nSPS) is 17.2. The minimum Gasteiger partial charge on any atom is -0.381 e. The Balaban J connectivity index is 2.05. The zero-order chi connectivity index (χ0) is 13.2. The zero-order valence-corrected chi connectivity index (χ0v) is 12.8. The van der Waals surface area contributed by atoms with Gasteiger partial charge in [0.05, 0.1) is 10.4 Å². The Kier molecular flexibility index (Phi) is 4.00. The van der Waals surface area contributed by atoms with Crippen LogP contribution in [-0.4, -0.2) is 34.4 Å². The monoisotopic (exact) mass is 295 g/mol. The molecule has 2 aromatic rings. The molecule has 0 N–H and O–H groups in total. The van der Waals surface area contributed by atoms with Gasteiger partial charge in [0.2, 0.25) is 0 Å². The lowest BCUT2D eigenvalue weighted by Gasteiger charge is -2.20. The van der Waals surface area contributed by atoms with Crippen molar-refractivity contribution < 1.29 is 4.74 Å². The van der Waals surface area contributed by atoms with E-state index < -0.39 is 0 Å². The quantitative estimate of drug-likeness (QED) is 0.813. The highest BCUT2D eigenvalue weighted by Gasteiger charge is 2.21. The van der Waals surface area contributed by atoms with Gasteiger partial charge in [-0.05, 0) is 25.5 Å². The molecule has 1 fully saturated rings. The highest BCUT2D eigenvalue weighted by molar-refractivity contribution is 8.00. The second-order valence-corrected chi connectivity index (χ2v) is 6.66. The largest absolute Gasteiger partial charge is 0.381 e. The number of ether oxygens (including phenoxy) is 1. The number of fused-ring (bicyclic) bond motifs is 1. The summed E-state index contributed by atoms with van der Waals surface area (Å²) < 4.78 is 7.64. The highest BCUT2D eigenvalue weighted by atomic mass is 32.2. The average molecular weight is 295 g/mol. The first-order valence-corrected chi connectivity index (χ1v) is 8.65. The first kappa shape index (κ1) is 13.3. The van der Waals surface area contributed by atoms with Crippen LogP contribution in [0.5, 0.6) is 0 Å². The van der Waals surface area contributed by atoms with E-state index in [1.54, 1.807) is 23.1 Å². The van der Waals surface area contributed by atoms with E-state index in [1.165, 1.54) is 0 Å². The molecule has 2 aromatic heterocycles. The molecule has 1 aliphatic heterocycles.